The Bertz CT molecular complexity index is 274. The zero-order valence-corrected chi connectivity index (χ0v) is 9.70. The zero-order chi connectivity index (χ0) is 10.2. The Kier molecular flexibility index (Phi) is 5.16. The summed E-state index contributed by atoms with van der Waals surface area (Å²) in [6.45, 7) is 1.94. The average Bonchev–Trinajstić information content (AvgIpc) is 2.18. The molecule has 0 amide bonds. The van der Waals surface area contributed by atoms with Gasteiger partial charge in [0.05, 0.1) is 5.41 Å². The first-order valence-electron chi connectivity index (χ1n) is 5.54. The minimum Gasteiger partial charge on any atom is -0.481 e. The van der Waals surface area contributed by atoms with E-state index in [0.717, 1.165) is 25.7 Å². The molecule has 0 bridgehead atoms. The van der Waals surface area contributed by atoms with Crippen molar-refractivity contribution in [2.75, 3.05) is 0 Å². The summed E-state index contributed by atoms with van der Waals surface area (Å²) in [4.78, 5) is 11.3. The standard InChI is InChI=1S/C12H18O2.2H2O/c1-12(11(13)14)8-4-6-9-5-2-3-7-10(9)12;;/h2,5,9-10H,3-4,6-8H2,1H3,(H,13,14);2*1H2. The zero-order valence-electron chi connectivity index (χ0n) is 9.70. The number of carboxylic acid groups (broad SMARTS) is 1. The van der Waals surface area contributed by atoms with Crippen molar-refractivity contribution in [3.8, 4) is 0 Å². The van der Waals surface area contributed by atoms with Crippen LogP contribution in [0.4, 0.5) is 0 Å². The lowest BCUT2D eigenvalue weighted by Gasteiger charge is -2.44. The number of rotatable bonds is 1. The molecule has 1 saturated carbocycles. The maximum absolute atomic E-state index is 11.3. The maximum atomic E-state index is 11.3. The van der Waals surface area contributed by atoms with Gasteiger partial charge in [0.15, 0.2) is 0 Å². The monoisotopic (exact) mass is 230 g/mol. The number of carbonyl (C=O) groups is 1. The highest BCUT2D eigenvalue weighted by Crippen LogP contribution is 2.48. The van der Waals surface area contributed by atoms with Crippen LogP contribution in [0, 0.1) is 17.3 Å². The van der Waals surface area contributed by atoms with Gasteiger partial charge in [0.1, 0.15) is 0 Å². The molecule has 0 spiro atoms. The third-order valence-electron chi connectivity index (χ3n) is 4.08. The van der Waals surface area contributed by atoms with E-state index in [4.69, 9.17) is 0 Å². The predicted octanol–water partition coefficient (Wildman–Crippen LogP) is 1.19. The molecule has 4 heteroatoms. The second-order valence-electron chi connectivity index (χ2n) is 4.89. The Balaban J connectivity index is 0.00000112. The van der Waals surface area contributed by atoms with Gasteiger partial charge in [-0.15, -0.1) is 0 Å². The van der Waals surface area contributed by atoms with E-state index in [1.807, 2.05) is 6.92 Å². The molecule has 0 aromatic heterocycles. The highest BCUT2D eigenvalue weighted by Gasteiger charge is 2.46. The van der Waals surface area contributed by atoms with Gasteiger partial charge in [0, 0.05) is 0 Å². The van der Waals surface area contributed by atoms with E-state index in [1.165, 1.54) is 6.42 Å². The second kappa shape index (κ2) is 5.46. The van der Waals surface area contributed by atoms with Crippen LogP contribution in [0.3, 0.4) is 0 Å². The predicted molar refractivity (Wildman–Crippen MR) is 62.2 cm³/mol. The third kappa shape index (κ3) is 2.28. The highest BCUT2D eigenvalue weighted by molar-refractivity contribution is 5.74. The normalized spacial score (nSPS) is 36.6. The van der Waals surface area contributed by atoms with Gasteiger partial charge >= 0.3 is 5.97 Å². The minimum absolute atomic E-state index is 0. The van der Waals surface area contributed by atoms with E-state index < -0.39 is 11.4 Å². The summed E-state index contributed by atoms with van der Waals surface area (Å²) in [7, 11) is 0. The molecule has 94 valence electrons. The fourth-order valence-corrected chi connectivity index (χ4v) is 3.14. The van der Waals surface area contributed by atoms with E-state index in [9.17, 15) is 9.90 Å². The van der Waals surface area contributed by atoms with Crippen molar-refractivity contribution in [1.82, 2.24) is 0 Å². The van der Waals surface area contributed by atoms with Crippen LogP contribution in [0.5, 0.6) is 0 Å². The van der Waals surface area contributed by atoms with Crippen molar-refractivity contribution in [2.24, 2.45) is 17.3 Å². The van der Waals surface area contributed by atoms with Crippen LogP contribution < -0.4 is 0 Å². The molecule has 5 N–H and O–H groups in total. The molecular weight excluding hydrogens is 208 g/mol. The number of aliphatic carboxylic acids is 1. The largest absolute Gasteiger partial charge is 0.481 e. The van der Waals surface area contributed by atoms with Crippen LogP contribution >= 0.6 is 0 Å². The highest BCUT2D eigenvalue weighted by atomic mass is 16.4. The van der Waals surface area contributed by atoms with Gasteiger partial charge in [-0.25, -0.2) is 0 Å². The molecule has 0 radical (unpaired) electrons. The number of carboxylic acids is 1. The molecule has 2 rings (SSSR count). The summed E-state index contributed by atoms with van der Waals surface area (Å²) in [6.07, 6.45) is 9.69. The molecule has 4 nitrogen and oxygen atoms in total. The van der Waals surface area contributed by atoms with E-state index in [-0.39, 0.29) is 11.0 Å². The molecule has 3 unspecified atom stereocenters. The lowest BCUT2D eigenvalue weighted by Crippen LogP contribution is -2.43. The molecule has 3 atom stereocenters. The quantitative estimate of drug-likeness (QED) is 0.684. The van der Waals surface area contributed by atoms with Gasteiger partial charge in [0.2, 0.25) is 0 Å². The summed E-state index contributed by atoms with van der Waals surface area (Å²) in [5, 5.41) is 9.31. The molecule has 16 heavy (non-hydrogen) atoms. The summed E-state index contributed by atoms with van der Waals surface area (Å²) < 4.78 is 0. The SMILES string of the molecule is CC1(C(=O)O)CCCC2C=CCCC21.O.O. The summed E-state index contributed by atoms with van der Waals surface area (Å²) in [6, 6.07) is 0. The van der Waals surface area contributed by atoms with Gasteiger partial charge in [-0.05, 0) is 44.4 Å². The summed E-state index contributed by atoms with van der Waals surface area (Å²) in [5.74, 6) is 0.305. The van der Waals surface area contributed by atoms with Gasteiger partial charge in [-0.3, -0.25) is 4.79 Å². The third-order valence-corrected chi connectivity index (χ3v) is 4.08. The molecule has 2 aliphatic rings. The Morgan fingerprint density at radius 2 is 2.06 bits per heavy atom. The lowest BCUT2D eigenvalue weighted by molar-refractivity contribution is -0.155. The van der Waals surface area contributed by atoms with Crippen molar-refractivity contribution in [3.63, 3.8) is 0 Å². The smallest absolute Gasteiger partial charge is 0.309 e. The van der Waals surface area contributed by atoms with Crippen molar-refractivity contribution >= 4 is 5.97 Å². The molecule has 0 saturated heterocycles. The van der Waals surface area contributed by atoms with Crippen LogP contribution in [0.1, 0.15) is 39.0 Å². The van der Waals surface area contributed by atoms with Gasteiger partial charge in [-0.1, -0.05) is 18.6 Å². The minimum atomic E-state index is -0.595. The summed E-state index contributed by atoms with van der Waals surface area (Å²) in [5.41, 5.74) is -0.465. The Morgan fingerprint density at radius 1 is 1.38 bits per heavy atom. The number of fused-ring (bicyclic) bond motifs is 1. The van der Waals surface area contributed by atoms with Gasteiger partial charge in [-0.2, -0.15) is 0 Å². The van der Waals surface area contributed by atoms with Crippen molar-refractivity contribution in [1.29, 1.82) is 0 Å². The fourth-order valence-electron chi connectivity index (χ4n) is 3.14. The fraction of sp³-hybridized carbons (Fsp3) is 0.750. The van der Waals surface area contributed by atoms with Gasteiger partial charge in [0.25, 0.3) is 0 Å². The molecule has 0 aromatic carbocycles. The molecule has 0 aromatic rings. The van der Waals surface area contributed by atoms with Crippen molar-refractivity contribution in [3.05, 3.63) is 12.2 Å². The Labute approximate surface area is 96.0 Å². The average molecular weight is 230 g/mol. The number of allylic oxidation sites excluding steroid dienone is 2. The second-order valence-corrected chi connectivity index (χ2v) is 4.89. The van der Waals surface area contributed by atoms with Crippen LogP contribution in [0.2, 0.25) is 0 Å². The van der Waals surface area contributed by atoms with E-state index in [2.05, 4.69) is 12.2 Å². The topological polar surface area (TPSA) is 100 Å². The van der Waals surface area contributed by atoms with Crippen LogP contribution in [0.25, 0.3) is 0 Å². The van der Waals surface area contributed by atoms with Crippen molar-refractivity contribution < 1.29 is 20.9 Å². The van der Waals surface area contributed by atoms with Crippen LogP contribution in [-0.4, -0.2) is 22.0 Å². The first-order valence-corrected chi connectivity index (χ1v) is 5.54. The molecule has 2 aliphatic carbocycles. The Hall–Kier alpha value is -0.870. The molecule has 0 aliphatic heterocycles. The Morgan fingerprint density at radius 3 is 2.69 bits per heavy atom. The van der Waals surface area contributed by atoms with Gasteiger partial charge < -0.3 is 16.1 Å². The molecular formula is C12H22O4. The number of hydrogen-bond donors (Lipinski definition) is 1. The van der Waals surface area contributed by atoms with E-state index >= 15 is 0 Å². The lowest BCUT2D eigenvalue weighted by atomic mass is 9.60. The molecule has 0 heterocycles. The van der Waals surface area contributed by atoms with E-state index in [0.29, 0.717) is 11.8 Å². The number of hydrogen-bond acceptors (Lipinski definition) is 1. The van der Waals surface area contributed by atoms with Crippen LogP contribution in [0.15, 0.2) is 12.2 Å². The molecule has 1 fully saturated rings. The first-order chi connectivity index (χ1) is 6.64. The summed E-state index contributed by atoms with van der Waals surface area (Å²) >= 11 is 0. The first kappa shape index (κ1) is 15.1. The van der Waals surface area contributed by atoms with Crippen LogP contribution in [-0.2, 0) is 4.79 Å². The van der Waals surface area contributed by atoms with Crippen molar-refractivity contribution in [2.45, 2.75) is 39.0 Å². The van der Waals surface area contributed by atoms with E-state index in [1.54, 1.807) is 0 Å². The maximum Gasteiger partial charge on any atom is 0.309 e.